The number of aromatic nitrogens is 1. The maximum absolute atomic E-state index is 12.7. The number of carbonyl (C=O) groups excluding carboxylic acids is 2. The van der Waals surface area contributed by atoms with E-state index in [1.807, 2.05) is 41.8 Å². The molecule has 1 aromatic heterocycles. The Morgan fingerprint density at radius 3 is 2.29 bits per heavy atom. The maximum atomic E-state index is 12.7. The Bertz CT molecular complexity index is 1220. The van der Waals surface area contributed by atoms with Crippen molar-refractivity contribution >= 4 is 23.2 Å². The van der Waals surface area contributed by atoms with Crippen molar-refractivity contribution in [2.24, 2.45) is 5.73 Å². The highest BCUT2D eigenvalue weighted by Crippen LogP contribution is 2.25. The second-order valence-electron chi connectivity index (χ2n) is 6.90. The highest BCUT2D eigenvalue weighted by Gasteiger charge is 2.17. The maximum Gasteiger partial charge on any atom is 0.277 e. The molecule has 4 rings (SSSR count). The molecule has 0 radical (unpaired) electrons. The van der Waals surface area contributed by atoms with Crippen LogP contribution in [-0.4, -0.2) is 27.1 Å². The smallest absolute Gasteiger partial charge is 0.277 e. The van der Waals surface area contributed by atoms with E-state index in [0.29, 0.717) is 21.9 Å². The molecule has 6 nitrogen and oxygen atoms in total. The Morgan fingerprint density at radius 1 is 0.871 bits per heavy atom. The molecule has 7 heteroatoms. The minimum Gasteiger partial charge on any atom is -0.366 e. The van der Waals surface area contributed by atoms with Gasteiger partial charge in [-0.15, -0.1) is 11.3 Å². The number of benzene rings is 3. The minimum atomic E-state index is -0.523. The molecule has 0 saturated carbocycles. The number of nitrogens with two attached hydrogens (primary N) is 1. The van der Waals surface area contributed by atoms with Crippen LogP contribution in [0.15, 0.2) is 84.2 Å². The summed E-state index contributed by atoms with van der Waals surface area (Å²) in [6.07, 6.45) is 0. The Morgan fingerprint density at radius 2 is 1.58 bits per heavy atom. The van der Waals surface area contributed by atoms with E-state index in [4.69, 9.17) is 5.73 Å². The lowest BCUT2D eigenvalue weighted by Gasteiger charge is -2.14. The number of thiazole rings is 1. The van der Waals surface area contributed by atoms with Gasteiger partial charge >= 0.3 is 0 Å². The standard InChI is InChI=1S/C24H19N3O3S/c25-22(28)17-11-9-16(10-12-17)19-7-4-8-20(13-19)24(29)27(30)14-21-15-31-23(26-21)18-5-2-1-3-6-18/h1-13,15,30H,14H2,(H2,25,28). The first-order valence-corrected chi connectivity index (χ1v) is 10.4. The van der Waals surface area contributed by atoms with Crippen LogP contribution >= 0.6 is 11.3 Å². The Kier molecular flexibility index (Phi) is 5.88. The molecule has 0 unspecified atom stereocenters. The molecule has 0 aliphatic carbocycles. The fourth-order valence-corrected chi connectivity index (χ4v) is 3.94. The van der Waals surface area contributed by atoms with Crippen LogP contribution in [-0.2, 0) is 6.54 Å². The molecule has 154 valence electrons. The summed E-state index contributed by atoms with van der Waals surface area (Å²) in [6, 6.07) is 23.5. The molecular weight excluding hydrogens is 410 g/mol. The number of primary amides is 1. The average molecular weight is 430 g/mol. The molecule has 2 amide bonds. The third kappa shape index (κ3) is 4.69. The van der Waals surface area contributed by atoms with Crippen LogP contribution in [0.1, 0.15) is 26.4 Å². The lowest BCUT2D eigenvalue weighted by molar-refractivity contribution is -0.0654. The van der Waals surface area contributed by atoms with Gasteiger partial charge in [0.1, 0.15) is 5.01 Å². The van der Waals surface area contributed by atoms with Gasteiger partial charge in [-0.05, 0) is 35.4 Å². The SMILES string of the molecule is NC(=O)c1ccc(-c2cccc(C(=O)N(O)Cc3csc(-c4ccccc4)n3)c2)cc1. The molecule has 31 heavy (non-hydrogen) atoms. The summed E-state index contributed by atoms with van der Waals surface area (Å²) < 4.78 is 0. The monoisotopic (exact) mass is 429 g/mol. The zero-order valence-corrected chi connectivity index (χ0v) is 17.3. The minimum absolute atomic E-state index is 0.0142. The predicted octanol–water partition coefficient (Wildman–Crippen LogP) is 4.61. The fraction of sp³-hybridized carbons (Fsp3) is 0.0417. The lowest BCUT2D eigenvalue weighted by atomic mass is 10.0. The van der Waals surface area contributed by atoms with Gasteiger partial charge in [0, 0.05) is 22.1 Å². The van der Waals surface area contributed by atoms with E-state index in [2.05, 4.69) is 4.98 Å². The summed E-state index contributed by atoms with van der Waals surface area (Å²) in [5.41, 5.74) is 9.25. The third-order valence-electron chi connectivity index (χ3n) is 4.73. The Labute approximate surface area is 183 Å². The molecule has 0 spiro atoms. The summed E-state index contributed by atoms with van der Waals surface area (Å²) in [6.45, 7) is -0.0142. The van der Waals surface area contributed by atoms with E-state index in [9.17, 15) is 14.8 Å². The summed E-state index contributed by atoms with van der Waals surface area (Å²) in [4.78, 5) is 28.5. The van der Waals surface area contributed by atoms with Gasteiger partial charge in [0.2, 0.25) is 5.91 Å². The normalized spacial score (nSPS) is 10.6. The number of hydrogen-bond donors (Lipinski definition) is 2. The molecule has 0 aliphatic heterocycles. The quantitative estimate of drug-likeness (QED) is 0.346. The first-order chi connectivity index (χ1) is 15.0. The zero-order chi connectivity index (χ0) is 21.8. The molecule has 4 aromatic rings. The predicted molar refractivity (Wildman–Crippen MR) is 120 cm³/mol. The molecular formula is C24H19N3O3S. The summed E-state index contributed by atoms with van der Waals surface area (Å²) >= 11 is 1.46. The van der Waals surface area contributed by atoms with Crippen molar-refractivity contribution in [1.82, 2.24) is 10.0 Å². The number of carbonyl (C=O) groups is 2. The van der Waals surface area contributed by atoms with Crippen molar-refractivity contribution in [3.63, 3.8) is 0 Å². The fourth-order valence-electron chi connectivity index (χ4n) is 3.13. The largest absolute Gasteiger partial charge is 0.366 e. The highest BCUT2D eigenvalue weighted by molar-refractivity contribution is 7.13. The van der Waals surface area contributed by atoms with Crippen molar-refractivity contribution < 1.29 is 14.8 Å². The van der Waals surface area contributed by atoms with Crippen LogP contribution in [0.4, 0.5) is 0 Å². The van der Waals surface area contributed by atoms with E-state index in [1.54, 1.807) is 42.5 Å². The Balaban J connectivity index is 1.48. The summed E-state index contributed by atoms with van der Waals surface area (Å²) in [7, 11) is 0. The number of rotatable bonds is 6. The number of nitrogens with zero attached hydrogens (tertiary/aromatic N) is 2. The van der Waals surface area contributed by atoms with Crippen LogP contribution in [0.3, 0.4) is 0 Å². The molecule has 0 saturated heterocycles. The topological polar surface area (TPSA) is 96.5 Å². The summed E-state index contributed by atoms with van der Waals surface area (Å²) in [5, 5.41) is 13.7. The van der Waals surface area contributed by atoms with Gasteiger partial charge in [-0.1, -0.05) is 54.6 Å². The lowest BCUT2D eigenvalue weighted by Crippen LogP contribution is -2.27. The second-order valence-corrected chi connectivity index (χ2v) is 7.75. The first-order valence-electron chi connectivity index (χ1n) is 9.52. The third-order valence-corrected chi connectivity index (χ3v) is 5.67. The van der Waals surface area contributed by atoms with Crippen LogP contribution in [0.25, 0.3) is 21.7 Å². The van der Waals surface area contributed by atoms with Gasteiger partial charge in [0.15, 0.2) is 0 Å². The molecule has 0 fully saturated rings. The molecule has 0 aliphatic rings. The van der Waals surface area contributed by atoms with E-state index in [-0.39, 0.29) is 6.54 Å². The van der Waals surface area contributed by atoms with Crippen LogP contribution in [0, 0.1) is 0 Å². The molecule has 0 atom stereocenters. The van der Waals surface area contributed by atoms with Crippen LogP contribution in [0.2, 0.25) is 0 Å². The summed E-state index contributed by atoms with van der Waals surface area (Å²) in [5.74, 6) is -1.02. The van der Waals surface area contributed by atoms with Crippen LogP contribution in [0.5, 0.6) is 0 Å². The van der Waals surface area contributed by atoms with Gasteiger partial charge in [-0.3, -0.25) is 14.8 Å². The highest BCUT2D eigenvalue weighted by atomic mass is 32.1. The number of hydrogen-bond acceptors (Lipinski definition) is 5. The molecule has 0 bridgehead atoms. The van der Waals surface area contributed by atoms with Gasteiger partial charge in [-0.25, -0.2) is 10.0 Å². The van der Waals surface area contributed by atoms with Gasteiger partial charge in [0.25, 0.3) is 5.91 Å². The van der Waals surface area contributed by atoms with Crippen molar-refractivity contribution in [2.75, 3.05) is 0 Å². The average Bonchev–Trinajstić information content (AvgIpc) is 3.27. The van der Waals surface area contributed by atoms with E-state index < -0.39 is 11.8 Å². The molecule has 3 N–H and O–H groups in total. The van der Waals surface area contributed by atoms with Crippen molar-refractivity contribution in [3.8, 4) is 21.7 Å². The van der Waals surface area contributed by atoms with Crippen molar-refractivity contribution in [2.45, 2.75) is 6.54 Å². The molecule has 1 heterocycles. The zero-order valence-electron chi connectivity index (χ0n) is 16.4. The first kappa shape index (κ1) is 20.5. The van der Waals surface area contributed by atoms with Crippen molar-refractivity contribution in [1.29, 1.82) is 0 Å². The van der Waals surface area contributed by atoms with Gasteiger partial charge in [-0.2, -0.15) is 0 Å². The second kappa shape index (κ2) is 8.91. The van der Waals surface area contributed by atoms with E-state index in [1.165, 1.54) is 11.3 Å². The van der Waals surface area contributed by atoms with Gasteiger partial charge < -0.3 is 5.73 Å². The number of hydroxylamine groups is 2. The van der Waals surface area contributed by atoms with E-state index in [0.717, 1.165) is 21.7 Å². The van der Waals surface area contributed by atoms with Crippen LogP contribution < -0.4 is 5.73 Å². The molecule has 3 aromatic carbocycles. The van der Waals surface area contributed by atoms with Gasteiger partial charge in [0.05, 0.1) is 12.2 Å². The van der Waals surface area contributed by atoms with E-state index >= 15 is 0 Å². The number of amides is 2. The Hall–Kier alpha value is -3.81. The van der Waals surface area contributed by atoms with Crippen molar-refractivity contribution in [3.05, 3.63) is 101 Å².